The molecule has 0 aliphatic heterocycles. The third-order valence-electron chi connectivity index (χ3n) is 2.57. The van der Waals surface area contributed by atoms with E-state index in [0.717, 1.165) is 12.1 Å². The maximum Gasteiger partial charge on any atom is 0.388 e. The Morgan fingerprint density at radius 1 is 0.905 bits per heavy atom. The molecule has 0 aromatic heterocycles. The Kier molecular flexibility index (Phi) is 3.89. The van der Waals surface area contributed by atoms with Crippen molar-refractivity contribution >= 4 is 17.3 Å². The molecule has 0 heterocycles. The first-order valence-corrected chi connectivity index (χ1v) is 5.69. The predicted octanol–water partition coefficient (Wildman–Crippen LogP) is 2.72. The molecule has 0 aliphatic rings. The highest BCUT2D eigenvalue weighted by Crippen LogP contribution is 2.36. The third-order valence-corrected chi connectivity index (χ3v) is 2.57. The van der Waals surface area contributed by atoms with Crippen LogP contribution in [0.3, 0.4) is 0 Å². The summed E-state index contributed by atoms with van der Waals surface area (Å²) in [6.45, 7) is 0. The van der Waals surface area contributed by atoms with Crippen molar-refractivity contribution in [2.75, 3.05) is 0 Å². The molecule has 0 aliphatic carbocycles. The van der Waals surface area contributed by atoms with E-state index < -0.39 is 32.9 Å². The summed E-state index contributed by atoms with van der Waals surface area (Å²) in [6.07, 6.45) is 0. The van der Waals surface area contributed by atoms with E-state index in [-0.39, 0.29) is 5.56 Å². The molecule has 21 heavy (non-hydrogen) atoms. The lowest BCUT2D eigenvalue weighted by Crippen LogP contribution is -2.10. The molecular weight excluding hydrogens is 280 g/mol. The molecule has 2 aromatic rings. The quantitative estimate of drug-likeness (QED) is 0.370. The molecule has 2 aromatic carbocycles. The Balaban J connectivity index is 2.41. The molecule has 0 saturated heterocycles. The molecular formula is C13H8N2O6. The van der Waals surface area contributed by atoms with Gasteiger partial charge in [-0.25, -0.2) is 4.79 Å². The molecule has 0 saturated carbocycles. The van der Waals surface area contributed by atoms with Gasteiger partial charge in [0.15, 0.2) is 0 Å². The molecule has 0 spiro atoms. The molecule has 0 amide bonds. The molecule has 106 valence electrons. The molecule has 0 N–H and O–H groups in total. The summed E-state index contributed by atoms with van der Waals surface area (Å²) in [5.41, 5.74) is -1.41. The first-order valence-electron chi connectivity index (χ1n) is 5.69. The van der Waals surface area contributed by atoms with Gasteiger partial charge in [0, 0.05) is 6.07 Å². The highest BCUT2D eigenvalue weighted by molar-refractivity contribution is 5.91. The van der Waals surface area contributed by atoms with Gasteiger partial charge in [-0.05, 0) is 18.2 Å². The number of nitro benzene ring substituents is 2. The summed E-state index contributed by atoms with van der Waals surface area (Å²) in [4.78, 5) is 31.8. The number of nitro groups is 2. The van der Waals surface area contributed by atoms with Crippen molar-refractivity contribution in [2.45, 2.75) is 0 Å². The number of nitrogens with zero attached hydrogens (tertiary/aromatic N) is 2. The number of benzene rings is 2. The summed E-state index contributed by atoms with van der Waals surface area (Å²) in [5, 5.41) is 21.8. The molecule has 2 rings (SSSR count). The number of ether oxygens (including phenoxy) is 1. The standard InChI is InChI=1S/C13H8N2O6/c16-13(9-5-2-1-3-6-9)21-11-8-4-7-10(14(17)18)12(11)15(19)20/h1-8H. The van der Waals surface area contributed by atoms with Crippen molar-refractivity contribution in [2.24, 2.45) is 0 Å². The monoisotopic (exact) mass is 288 g/mol. The van der Waals surface area contributed by atoms with Gasteiger partial charge in [0.2, 0.25) is 5.75 Å². The summed E-state index contributed by atoms with van der Waals surface area (Å²) in [7, 11) is 0. The number of hydrogen-bond donors (Lipinski definition) is 0. The summed E-state index contributed by atoms with van der Waals surface area (Å²) < 4.78 is 4.90. The van der Waals surface area contributed by atoms with Crippen molar-refractivity contribution in [3.63, 3.8) is 0 Å². The van der Waals surface area contributed by atoms with E-state index in [4.69, 9.17) is 4.74 Å². The van der Waals surface area contributed by atoms with Crippen molar-refractivity contribution in [1.82, 2.24) is 0 Å². The van der Waals surface area contributed by atoms with Crippen LogP contribution in [0.4, 0.5) is 11.4 Å². The zero-order valence-electron chi connectivity index (χ0n) is 10.5. The van der Waals surface area contributed by atoms with Gasteiger partial charge < -0.3 is 4.74 Å². The van der Waals surface area contributed by atoms with Crippen LogP contribution in [0.2, 0.25) is 0 Å². The molecule has 0 atom stereocenters. The van der Waals surface area contributed by atoms with E-state index in [1.165, 1.54) is 18.2 Å². The molecule has 0 unspecified atom stereocenters. The fourth-order valence-electron chi connectivity index (χ4n) is 1.66. The largest absolute Gasteiger partial charge is 0.415 e. The zero-order chi connectivity index (χ0) is 15.4. The van der Waals surface area contributed by atoms with Crippen LogP contribution >= 0.6 is 0 Å². The van der Waals surface area contributed by atoms with Crippen LogP contribution in [-0.4, -0.2) is 15.8 Å². The smallest absolute Gasteiger partial charge is 0.388 e. The average Bonchev–Trinajstić information content (AvgIpc) is 2.47. The fourth-order valence-corrected chi connectivity index (χ4v) is 1.66. The number of rotatable bonds is 4. The lowest BCUT2D eigenvalue weighted by Gasteiger charge is -2.05. The number of carbonyl (C=O) groups is 1. The average molecular weight is 288 g/mol. The van der Waals surface area contributed by atoms with Crippen LogP contribution in [0.15, 0.2) is 48.5 Å². The lowest BCUT2D eigenvalue weighted by molar-refractivity contribution is -0.422. The number of hydrogen-bond acceptors (Lipinski definition) is 6. The summed E-state index contributed by atoms with van der Waals surface area (Å²) >= 11 is 0. The van der Waals surface area contributed by atoms with Crippen LogP contribution in [0, 0.1) is 20.2 Å². The second-order valence-electron chi connectivity index (χ2n) is 3.89. The van der Waals surface area contributed by atoms with Crippen LogP contribution in [0.1, 0.15) is 10.4 Å². The minimum atomic E-state index is -0.953. The number of para-hydroxylation sites is 1. The second kappa shape index (κ2) is 5.78. The van der Waals surface area contributed by atoms with E-state index in [0.29, 0.717) is 0 Å². The Hall–Kier alpha value is -3.29. The molecule has 0 fully saturated rings. The Morgan fingerprint density at radius 3 is 2.14 bits per heavy atom. The SMILES string of the molecule is O=C(Oc1cccc([N+](=O)[O-])c1[N+](=O)[O-])c1ccccc1. The van der Waals surface area contributed by atoms with Crippen molar-refractivity contribution in [1.29, 1.82) is 0 Å². The van der Waals surface area contributed by atoms with Gasteiger partial charge in [-0.3, -0.25) is 20.2 Å². The maximum atomic E-state index is 11.9. The molecule has 0 radical (unpaired) electrons. The van der Waals surface area contributed by atoms with Gasteiger partial charge in [0.05, 0.1) is 15.4 Å². The topological polar surface area (TPSA) is 113 Å². The van der Waals surface area contributed by atoms with Crippen molar-refractivity contribution in [3.05, 3.63) is 74.3 Å². The van der Waals surface area contributed by atoms with Crippen LogP contribution in [-0.2, 0) is 0 Å². The Labute approximate surface area is 117 Å². The summed E-state index contributed by atoms with van der Waals surface area (Å²) in [5.74, 6) is -1.30. The van der Waals surface area contributed by atoms with Crippen LogP contribution in [0.5, 0.6) is 5.75 Å². The van der Waals surface area contributed by atoms with Crippen molar-refractivity contribution in [3.8, 4) is 5.75 Å². The number of carbonyl (C=O) groups excluding carboxylic acids is 1. The molecule has 8 heteroatoms. The first kappa shape index (κ1) is 14.1. The fraction of sp³-hybridized carbons (Fsp3) is 0. The van der Waals surface area contributed by atoms with Gasteiger partial charge in [-0.2, -0.15) is 0 Å². The normalized spacial score (nSPS) is 9.90. The summed E-state index contributed by atoms with van der Waals surface area (Å²) in [6, 6.07) is 11.1. The van der Waals surface area contributed by atoms with E-state index in [1.807, 2.05) is 0 Å². The minimum absolute atomic E-state index is 0.179. The Morgan fingerprint density at radius 2 is 1.57 bits per heavy atom. The minimum Gasteiger partial charge on any atom is -0.415 e. The highest BCUT2D eigenvalue weighted by Gasteiger charge is 2.30. The highest BCUT2D eigenvalue weighted by atomic mass is 16.6. The lowest BCUT2D eigenvalue weighted by atomic mass is 10.2. The van der Waals surface area contributed by atoms with E-state index in [9.17, 15) is 25.0 Å². The van der Waals surface area contributed by atoms with Crippen LogP contribution in [0.25, 0.3) is 0 Å². The maximum absolute atomic E-state index is 11.9. The van der Waals surface area contributed by atoms with Crippen molar-refractivity contribution < 1.29 is 19.4 Å². The second-order valence-corrected chi connectivity index (χ2v) is 3.89. The van der Waals surface area contributed by atoms with Gasteiger partial charge in [-0.1, -0.05) is 24.3 Å². The first-order chi connectivity index (χ1) is 10.0. The number of esters is 1. The van der Waals surface area contributed by atoms with Crippen LogP contribution < -0.4 is 4.74 Å². The van der Waals surface area contributed by atoms with Gasteiger partial charge in [0.25, 0.3) is 0 Å². The Bertz CT molecular complexity index is 714. The molecule has 0 bridgehead atoms. The van der Waals surface area contributed by atoms with Gasteiger partial charge in [0.1, 0.15) is 0 Å². The zero-order valence-corrected chi connectivity index (χ0v) is 10.5. The van der Waals surface area contributed by atoms with Gasteiger partial charge >= 0.3 is 17.3 Å². The van der Waals surface area contributed by atoms with E-state index >= 15 is 0 Å². The third kappa shape index (κ3) is 3.00. The van der Waals surface area contributed by atoms with Gasteiger partial charge in [-0.15, -0.1) is 0 Å². The molecule has 8 nitrogen and oxygen atoms in total. The predicted molar refractivity (Wildman–Crippen MR) is 71.2 cm³/mol. The van der Waals surface area contributed by atoms with E-state index in [2.05, 4.69) is 0 Å². The van der Waals surface area contributed by atoms with E-state index in [1.54, 1.807) is 18.2 Å².